The number of aromatic nitrogens is 2. The SMILES string of the molecule is Cc1c(B2OC(C)(C)C(C)(C)O2)cccc1-n1cc2cc(F)ccc2nc1=O. The first-order valence-corrected chi connectivity index (χ1v) is 9.23. The van der Waals surface area contributed by atoms with Gasteiger partial charge in [0, 0.05) is 11.6 Å². The second-order valence-corrected chi connectivity index (χ2v) is 8.18. The van der Waals surface area contributed by atoms with Crippen LogP contribution in [0.2, 0.25) is 0 Å². The molecule has 3 aromatic rings. The second kappa shape index (κ2) is 6.25. The average molecular weight is 380 g/mol. The first-order chi connectivity index (χ1) is 13.1. The molecule has 0 aliphatic carbocycles. The maximum atomic E-state index is 13.6. The molecule has 1 fully saturated rings. The number of hydrogen-bond donors (Lipinski definition) is 0. The lowest BCUT2D eigenvalue weighted by Crippen LogP contribution is -2.41. The van der Waals surface area contributed by atoms with Gasteiger partial charge in [-0.25, -0.2) is 9.18 Å². The summed E-state index contributed by atoms with van der Waals surface area (Å²) in [5.41, 5.74) is 1.48. The van der Waals surface area contributed by atoms with E-state index in [-0.39, 0.29) is 5.82 Å². The molecule has 0 spiro atoms. The van der Waals surface area contributed by atoms with E-state index < -0.39 is 24.0 Å². The van der Waals surface area contributed by atoms with Crippen LogP contribution in [0.5, 0.6) is 0 Å². The Morgan fingerprint density at radius 3 is 2.43 bits per heavy atom. The number of halogens is 1. The van der Waals surface area contributed by atoms with E-state index in [9.17, 15) is 9.18 Å². The minimum absolute atomic E-state index is 0.373. The summed E-state index contributed by atoms with van der Waals surface area (Å²) < 4.78 is 27.4. The highest BCUT2D eigenvalue weighted by Crippen LogP contribution is 2.36. The van der Waals surface area contributed by atoms with Crippen LogP contribution in [-0.4, -0.2) is 27.9 Å². The normalized spacial score (nSPS) is 18.0. The van der Waals surface area contributed by atoms with E-state index in [0.29, 0.717) is 16.6 Å². The molecule has 0 atom stereocenters. The van der Waals surface area contributed by atoms with Crippen LogP contribution in [0, 0.1) is 12.7 Å². The van der Waals surface area contributed by atoms with Gasteiger partial charge < -0.3 is 9.31 Å². The maximum absolute atomic E-state index is 13.6. The van der Waals surface area contributed by atoms with Gasteiger partial charge in [0.1, 0.15) is 5.82 Å². The number of fused-ring (bicyclic) bond motifs is 1. The minimum atomic E-state index is -0.536. The first-order valence-electron chi connectivity index (χ1n) is 9.23. The molecule has 5 nitrogen and oxygen atoms in total. The van der Waals surface area contributed by atoms with Crippen LogP contribution in [0.15, 0.2) is 47.4 Å². The molecule has 0 bridgehead atoms. The summed E-state index contributed by atoms with van der Waals surface area (Å²) in [5.74, 6) is -0.373. The lowest BCUT2D eigenvalue weighted by Gasteiger charge is -2.32. The van der Waals surface area contributed by atoms with Crippen molar-refractivity contribution in [1.82, 2.24) is 9.55 Å². The standard InChI is InChI=1S/C21H22BFN2O3/c1-13-16(22-27-20(2,3)21(4,5)28-22)7-6-8-18(13)25-12-14-11-15(23)9-10-17(14)24-19(25)26/h6-12H,1-5H3. The summed E-state index contributed by atoms with van der Waals surface area (Å²) in [4.78, 5) is 16.7. The summed E-state index contributed by atoms with van der Waals surface area (Å²) in [5, 5.41) is 0.556. The first kappa shape index (κ1) is 18.8. The van der Waals surface area contributed by atoms with E-state index >= 15 is 0 Å². The molecule has 1 aromatic heterocycles. The third-order valence-electron chi connectivity index (χ3n) is 5.79. The predicted molar refractivity (Wildman–Crippen MR) is 108 cm³/mol. The zero-order valence-electron chi connectivity index (χ0n) is 16.6. The Kier molecular flexibility index (Phi) is 4.21. The molecular weight excluding hydrogens is 358 g/mol. The summed E-state index contributed by atoms with van der Waals surface area (Å²) in [6.45, 7) is 9.91. The van der Waals surface area contributed by atoms with Gasteiger partial charge in [-0.3, -0.25) is 4.57 Å². The fraction of sp³-hybridized carbons (Fsp3) is 0.333. The molecule has 0 radical (unpaired) electrons. The third-order valence-corrected chi connectivity index (χ3v) is 5.79. The molecule has 28 heavy (non-hydrogen) atoms. The average Bonchev–Trinajstić information content (AvgIpc) is 2.82. The van der Waals surface area contributed by atoms with E-state index in [1.807, 2.05) is 52.8 Å². The Morgan fingerprint density at radius 2 is 1.75 bits per heavy atom. The zero-order valence-corrected chi connectivity index (χ0v) is 16.6. The summed E-state index contributed by atoms with van der Waals surface area (Å²) >= 11 is 0. The van der Waals surface area contributed by atoms with Crippen molar-refractivity contribution < 1.29 is 13.7 Å². The zero-order chi connectivity index (χ0) is 20.3. The van der Waals surface area contributed by atoms with Crippen LogP contribution in [0.1, 0.15) is 33.3 Å². The summed E-state index contributed by atoms with van der Waals surface area (Å²) in [7, 11) is -0.536. The molecule has 2 aromatic carbocycles. The van der Waals surface area contributed by atoms with E-state index in [4.69, 9.17) is 9.31 Å². The Bertz CT molecular complexity index is 1120. The molecule has 0 unspecified atom stereocenters. The van der Waals surface area contributed by atoms with Crippen LogP contribution in [0.3, 0.4) is 0 Å². The predicted octanol–water partition coefficient (Wildman–Crippen LogP) is 3.13. The molecule has 0 N–H and O–H groups in total. The van der Waals surface area contributed by atoms with Gasteiger partial charge in [0.2, 0.25) is 0 Å². The molecular formula is C21H22BFN2O3. The van der Waals surface area contributed by atoms with Crippen molar-refractivity contribution in [1.29, 1.82) is 0 Å². The molecule has 0 amide bonds. The topological polar surface area (TPSA) is 53.4 Å². The number of rotatable bonds is 2. The van der Waals surface area contributed by atoms with Gasteiger partial charge in [0.05, 0.1) is 22.4 Å². The highest BCUT2D eigenvalue weighted by molar-refractivity contribution is 6.62. The molecule has 2 heterocycles. The van der Waals surface area contributed by atoms with Crippen LogP contribution < -0.4 is 11.2 Å². The fourth-order valence-corrected chi connectivity index (χ4v) is 3.38. The van der Waals surface area contributed by atoms with Crippen LogP contribution in [-0.2, 0) is 9.31 Å². The molecule has 1 saturated heterocycles. The molecule has 0 saturated carbocycles. The molecule has 144 valence electrons. The molecule has 4 rings (SSSR count). The van der Waals surface area contributed by atoms with E-state index in [0.717, 1.165) is 11.0 Å². The minimum Gasteiger partial charge on any atom is -0.399 e. The Labute approximate surface area is 163 Å². The van der Waals surface area contributed by atoms with Gasteiger partial charge in [0.15, 0.2) is 0 Å². The highest BCUT2D eigenvalue weighted by Gasteiger charge is 2.52. The van der Waals surface area contributed by atoms with Crippen molar-refractivity contribution in [2.75, 3.05) is 0 Å². The van der Waals surface area contributed by atoms with Gasteiger partial charge in [-0.1, -0.05) is 12.1 Å². The van der Waals surface area contributed by atoms with Crippen LogP contribution >= 0.6 is 0 Å². The van der Waals surface area contributed by atoms with E-state index in [1.165, 1.54) is 22.8 Å². The summed E-state index contributed by atoms with van der Waals surface area (Å²) in [6.07, 6.45) is 1.62. The van der Waals surface area contributed by atoms with Gasteiger partial charge in [-0.15, -0.1) is 0 Å². The van der Waals surface area contributed by atoms with E-state index in [2.05, 4.69) is 4.98 Å². The van der Waals surface area contributed by atoms with Crippen molar-refractivity contribution in [3.05, 3.63) is 64.5 Å². The van der Waals surface area contributed by atoms with Crippen molar-refractivity contribution in [2.24, 2.45) is 0 Å². The smallest absolute Gasteiger partial charge is 0.399 e. The molecule has 1 aliphatic rings. The van der Waals surface area contributed by atoms with Crippen LogP contribution in [0.25, 0.3) is 16.6 Å². The van der Waals surface area contributed by atoms with Crippen molar-refractivity contribution in [2.45, 2.75) is 45.8 Å². The lowest BCUT2D eigenvalue weighted by atomic mass is 9.76. The highest BCUT2D eigenvalue weighted by atomic mass is 19.1. The van der Waals surface area contributed by atoms with Crippen molar-refractivity contribution in [3.8, 4) is 5.69 Å². The van der Waals surface area contributed by atoms with Crippen molar-refractivity contribution in [3.63, 3.8) is 0 Å². The largest absolute Gasteiger partial charge is 0.495 e. The second-order valence-electron chi connectivity index (χ2n) is 8.18. The number of benzene rings is 2. The van der Waals surface area contributed by atoms with E-state index in [1.54, 1.807) is 6.20 Å². The van der Waals surface area contributed by atoms with Gasteiger partial charge in [-0.05, 0) is 69.9 Å². The number of hydrogen-bond acceptors (Lipinski definition) is 4. The number of nitrogens with zero attached hydrogens (tertiary/aromatic N) is 2. The van der Waals surface area contributed by atoms with Crippen molar-refractivity contribution >= 4 is 23.5 Å². The monoisotopic (exact) mass is 380 g/mol. The van der Waals surface area contributed by atoms with Gasteiger partial charge >= 0.3 is 12.8 Å². The Morgan fingerprint density at radius 1 is 1.07 bits per heavy atom. The third kappa shape index (κ3) is 2.95. The molecule has 7 heteroatoms. The maximum Gasteiger partial charge on any atom is 0.495 e. The fourth-order valence-electron chi connectivity index (χ4n) is 3.38. The van der Waals surface area contributed by atoms with Gasteiger partial charge in [-0.2, -0.15) is 4.98 Å². The Balaban J connectivity index is 1.83. The lowest BCUT2D eigenvalue weighted by molar-refractivity contribution is 0.00578. The van der Waals surface area contributed by atoms with Gasteiger partial charge in [0.25, 0.3) is 0 Å². The quantitative estimate of drug-likeness (QED) is 0.641. The Hall–Kier alpha value is -2.51. The van der Waals surface area contributed by atoms with Crippen LogP contribution in [0.4, 0.5) is 4.39 Å². The molecule has 1 aliphatic heterocycles. The summed E-state index contributed by atoms with van der Waals surface area (Å²) in [6, 6.07) is 9.78.